The Bertz CT molecular complexity index is 1170. The van der Waals surface area contributed by atoms with E-state index in [0.717, 1.165) is 47.5 Å². The molecular weight excluding hydrogens is 445 g/mol. The Morgan fingerprint density at radius 3 is 2.41 bits per heavy atom. The van der Waals surface area contributed by atoms with Crippen molar-refractivity contribution in [2.24, 2.45) is 0 Å². The number of amides is 2. The highest BCUT2D eigenvalue weighted by atomic mass is 19.4. The van der Waals surface area contributed by atoms with E-state index in [1.807, 2.05) is 37.3 Å². The van der Waals surface area contributed by atoms with Gasteiger partial charge in [0, 0.05) is 48.3 Å². The lowest BCUT2D eigenvalue weighted by Gasteiger charge is -2.26. The Kier molecular flexibility index (Phi) is 6.77. The average Bonchev–Trinajstić information content (AvgIpc) is 3.25. The maximum atomic E-state index is 12.8. The van der Waals surface area contributed by atoms with Crippen LogP contribution in [0.25, 0.3) is 11.3 Å². The van der Waals surface area contributed by atoms with Crippen molar-refractivity contribution in [3.63, 3.8) is 0 Å². The summed E-state index contributed by atoms with van der Waals surface area (Å²) in [6.45, 7) is 2.78. The lowest BCUT2D eigenvalue weighted by Crippen LogP contribution is -2.35. The molecule has 3 aromatic rings. The molecule has 0 atom stereocenters. The first kappa shape index (κ1) is 23.6. The number of rotatable bonds is 6. The highest BCUT2D eigenvalue weighted by Crippen LogP contribution is 2.32. The summed E-state index contributed by atoms with van der Waals surface area (Å²) in [7, 11) is 0. The van der Waals surface area contributed by atoms with Gasteiger partial charge in [-0.2, -0.15) is 13.2 Å². The van der Waals surface area contributed by atoms with Crippen LogP contribution in [0.2, 0.25) is 0 Å². The lowest BCUT2D eigenvalue weighted by molar-refractivity contribution is -0.137. The first-order valence-corrected chi connectivity index (χ1v) is 11.2. The van der Waals surface area contributed by atoms with Gasteiger partial charge >= 0.3 is 6.18 Å². The standard InChI is InChI=1S/C26H25F3N2O3/c1-2-3-4-24(32)30-21-11-7-17(8-12-21)23-15-19-16-31(14-13-22(19)34-23)25(33)18-5-9-20(10-6-18)26(27,28)29/h5-12,15H,2-4,13-14,16H2,1H3,(H,30,32). The first-order valence-electron chi connectivity index (χ1n) is 11.2. The van der Waals surface area contributed by atoms with Crippen LogP contribution in [0.3, 0.4) is 0 Å². The van der Waals surface area contributed by atoms with Gasteiger partial charge < -0.3 is 14.6 Å². The van der Waals surface area contributed by atoms with Crippen LogP contribution in [0.5, 0.6) is 0 Å². The van der Waals surface area contributed by atoms with Gasteiger partial charge in [0.1, 0.15) is 11.5 Å². The van der Waals surface area contributed by atoms with Crippen molar-refractivity contribution in [3.8, 4) is 11.3 Å². The van der Waals surface area contributed by atoms with Gasteiger partial charge in [0.2, 0.25) is 5.91 Å². The quantitative estimate of drug-likeness (QED) is 0.460. The number of carbonyl (C=O) groups excluding carboxylic acids is 2. The van der Waals surface area contributed by atoms with E-state index < -0.39 is 11.7 Å². The van der Waals surface area contributed by atoms with Crippen LogP contribution in [0.15, 0.2) is 59.0 Å². The Labute approximate surface area is 195 Å². The molecule has 1 N–H and O–H groups in total. The zero-order valence-electron chi connectivity index (χ0n) is 18.7. The van der Waals surface area contributed by atoms with Crippen LogP contribution in [0.1, 0.15) is 53.4 Å². The molecule has 0 saturated carbocycles. The maximum Gasteiger partial charge on any atom is 0.416 e. The van der Waals surface area contributed by atoms with Gasteiger partial charge in [-0.3, -0.25) is 9.59 Å². The molecule has 0 unspecified atom stereocenters. The second-order valence-corrected chi connectivity index (χ2v) is 8.34. The summed E-state index contributed by atoms with van der Waals surface area (Å²) in [6.07, 6.45) is -1.62. The molecule has 2 amide bonds. The molecule has 8 heteroatoms. The third kappa shape index (κ3) is 5.32. The fourth-order valence-corrected chi connectivity index (χ4v) is 3.91. The smallest absolute Gasteiger partial charge is 0.416 e. The molecule has 1 aliphatic heterocycles. The van der Waals surface area contributed by atoms with E-state index in [1.165, 1.54) is 12.1 Å². The van der Waals surface area contributed by atoms with Gasteiger partial charge in [-0.25, -0.2) is 0 Å². The number of alkyl halides is 3. The highest BCUT2D eigenvalue weighted by Gasteiger charge is 2.31. The summed E-state index contributed by atoms with van der Waals surface area (Å²) in [5.41, 5.74) is 1.88. The highest BCUT2D eigenvalue weighted by molar-refractivity contribution is 5.94. The summed E-state index contributed by atoms with van der Waals surface area (Å²) in [5, 5.41) is 2.87. The Morgan fingerprint density at radius 1 is 1.06 bits per heavy atom. The van der Waals surface area contributed by atoms with Crippen molar-refractivity contribution >= 4 is 17.5 Å². The van der Waals surface area contributed by atoms with E-state index in [-0.39, 0.29) is 17.4 Å². The van der Waals surface area contributed by atoms with Crippen LogP contribution in [-0.2, 0) is 23.9 Å². The number of hydrogen-bond acceptors (Lipinski definition) is 3. The summed E-state index contributed by atoms with van der Waals surface area (Å²) >= 11 is 0. The number of furan rings is 1. The molecule has 0 saturated heterocycles. The van der Waals surface area contributed by atoms with Crippen LogP contribution in [-0.4, -0.2) is 23.3 Å². The molecular formula is C26H25F3N2O3. The predicted octanol–water partition coefficient (Wildman–Crippen LogP) is 6.29. The monoisotopic (exact) mass is 470 g/mol. The van der Waals surface area contributed by atoms with Crippen molar-refractivity contribution in [1.29, 1.82) is 0 Å². The van der Waals surface area contributed by atoms with Crippen molar-refractivity contribution < 1.29 is 27.2 Å². The van der Waals surface area contributed by atoms with E-state index >= 15 is 0 Å². The third-order valence-corrected chi connectivity index (χ3v) is 5.82. The number of halogens is 3. The van der Waals surface area contributed by atoms with Gasteiger partial charge in [-0.05, 0) is 61.0 Å². The lowest BCUT2D eigenvalue weighted by atomic mass is 10.1. The fraction of sp³-hybridized carbons (Fsp3) is 0.308. The van der Waals surface area contributed by atoms with Gasteiger partial charge in [0.15, 0.2) is 0 Å². The summed E-state index contributed by atoms with van der Waals surface area (Å²) in [5.74, 6) is 1.13. The molecule has 4 rings (SSSR count). The van der Waals surface area contributed by atoms with Gasteiger partial charge in [-0.1, -0.05) is 13.3 Å². The molecule has 0 spiro atoms. The van der Waals surface area contributed by atoms with E-state index in [2.05, 4.69) is 5.32 Å². The average molecular weight is 470 g/mol. The van der Waals surface area contributed by atoms with Crippen molar-refractivity contribution in [1.82, 2.24) is 4.90 Å². The number of nitrogens with one attached hydrogen (secondary N) is 1. The van der Waals surface area contributed by atoms with E-state index in [0.29, 0.717) is 31.7 Å². The van der Waals surface area contributed by atoms with Crippen LogP contribution in [0, 0.1) is 0 Å². The minimum Gasteiger partial charge on any atom is -0.461 e. The van der Waals surface area contributed by atoms with E-state index in [4.69, 9.17) is 4.42 Å². The first-order chi connectivity index (χ1) is 16.2. The molecule has 0 aliphatic carbocycles. The zero-order valence-corrected chi connectivity index (χ0v) is 18.7. The normalized spacial score (nSPS) is 13.5. The minimum atomic E-state index is -4.44. The Hall–Kier alpha value is -3.55. The maximum absolute atomic E-state index is 12.8. The molecule has 0 bridgehead atoms. The molecule has 34 heavy (non-hydrogen) atoms. The van der Waals surface area contributed by atoms with Gasteiger partial charge in [-0.15, -0.1) is 0 Å². The molecule has 0 fully saturated rings. The van der Waals surface area contributed by atoms with Crippen LogP contribution < -0.4 is 5.32 Å². The third-order valence-electron chi connectivity index (χ3n) is 5.82. The molecule has 2 aromatic carbocycles. The SMILES string of the molecule is CCCCC(=O)Nc1ccc(-c2cc3c(o2)CCN(C(=O)c2ccc(C(F)(F)F)cc2)C3)cc1. The number of hydrogen-bond donors (Lipinski definition) is 1. The van der Waals surface area contributed by atoms with E-state index in [9.17, 15) is 22.8 Å². The number of anilines is 1. The minimum absolute atomic E-state index is 0.0131. The largest absolute Gasteiger partial charge is 0.461 e. The predicted molar refractivity (Wildman–Crippen MR) is 122 cm³/mol. The molecule has 1 aromatic heterocycles. The number of unbranched alkanes of at least 4 members (excludes halogenated alkanes) is 1. The topological polar surface area (TPSA) is 62.6 Å². The molecule has 1 aliphatic rings. The molecule has 178 valence electrons. The fourth-order valence-electron chi connectivity index (χ4n) is 3.91. The molecule has 2 heterocycles. The second-order valence-electron chi connectivity index (χ2n) is 8.34. The number of fused-ring (bicyclic) bond motifs is 1. The van der Waals surface area contributed by atoms with Gasteiger partial charge in [0.05, 0.1) is 5.56 Å². The van der Waals surface area contributed by atoms with Gasteiger partial charge in [0.25, 0.3) is 5.91 Å². The molecule has 5 nitrogen and oxygen atoms in total. The number of benzene rings is 2. The van der Waals surface area contributed by atoms with Crippen molar-refractivity contribution in [2.75, 3.05) is 11.9 Å². The number of nitrogens with zero attached hydrogens (tertiary/aromatic N) is 1. The van der Waals surface area contributed by atoms with Crippen molar-refractivity contribution in [2.45, 2.75) is 45.3 Å². The number of carbonyl (C=O) groups is 2. The van der Waals surface area contributed by atoms with E-state index in [1.54, 1.807) is 4.90 Å². The molecule has 0 radical (unpaired) electrons. The Morgan fingerprint density at radius 2 is 1.76 bits per heavy atom. The summed E-state index contributed by atoms with van der Waals surface area (Å²) in [6, 6.07) is 13.5. The van der Waals surface area contributed by atoms with Crippen LogP contribution >= 0.6 is 0 Å². The summed E-state index contributed by atoms with van der Waals surface area (Å²) < 4.78 is 44.3. The second kappa shape index (κ2) is 9.75. The summed E-state index contributed by atoms with van der Waals surface area (Å²) in [4.78, 5) is 26.3. The van der Waals surface area contributed by atoms with Crippen molar-refractivity contribution in [3.05, 3.63) is 77.0 Å². The zero-order chi connectivity index (χ0) is 24.3. The Balaban J connectivity index is 1.42. The van der Waals surface area contributed by atoms with Crippen LogP contribution in [0.4, 0.5) is 18.9 Å².